The van der Waals surface area contributed by atoms with Crippen molar-refractivity contribution in [3.05, 3.63) is 57.1 Å². The molecule has 0 unspecified atom stereocenters. The number of rotatable bonds is 3. The first-order valence-corrected chi connectivity index (χ1v) is 7.82. The topological polar surface area (TPSA) is 30.5 Å². The van der Waals surface area contributed by atoms with E-state index in [1.807, 2.05) is 24.3 Å². The van der Waals surface area contributed by atoms with Crippen molar-refractivity contribution in [3.8, 4) is 11.5 Å². The molecule has 5 heteroatoms. The van der Waals surface area contributed by atoms with E-state index < -0.39 is 0 Å². The molecule has 1 N–H and O–H groups in total. The number of nitrogens with one attached hydrogen (secondary N) is 1. The van der Waals surface area contributed by atoms with Crippen LogP contribution in [0.1, 0.15) is 22.7 Å². The molecule has 0 spiro atoms. The predicted octanol–water partition coefficient (Wildman–Crippen LogP) is 4.25. The Balaban J connectivity index is 2.10. The van der Waals surface area contributed by atoms with Crippen LogP contribution in [0.3, 0.4) is 0 Å². The van der Waals surface area contributed by atoms with Crippen molar-refractivity contribution in [1.82, 2.24) is 5.32 Å². The maximum atomic E-state index is 6.38. The predicted molar refractivity (Wildman–Crippen MR) is 89.6 cm³/mol. The summed E-state index contributed by atoms with van der Waals surface area (Å²) in [5, 5.41) is 4.81. The maximum absolute atomic E-state index is 6.38. The van der Waals surface area contributed by atoms with E-state index in [2.05, 4.69) is 5.32 Å². The van der Waals surface area contributed by atoms with Gasteiger partial charge in [0, 0.05) is 16.6 Å². The summed E-state index contributed by atoms with van der Waals surface area (Å²) < 4.78 is 10.8. The van der Waals surface area contributed by atoms with Gasteiger partial charge in [-0.1, -0.05) is 29.3 Å². The summed E-state index contributed by atoms with van der Waals surface area (Å²) in [6, 6.07) is 9.69. The number of ether oxygens (including phenoxy) is 2. The SMILES string of the molecule is COc1cc2c(cc1OC)[C@@H](c1ccc(Cl)cc1Cl)NCC2. The second kappa shape index (κ2) is 6.37. The Kier molecular flexibility index (Phi) is 4.48. The highest BCUT2D eigenvalue weighted by atomic mass is 35.5. The zero-order valence-electron chi connectivity index (χ0n) is 12.5. The molecule has 1 atom stereocenters. The van der Waals surface area contributed by atoms with Crippen molar-refractivity contribution in [2.45, 2.75) is 12.5 Å². The Hall–Kier alpha value is -1.42. The van der Waals surface area contributed by atoms with E-state index in [0.717, 1.165) is 35.6 Å². The zero-order chi connectivity index (χ0) is 15.7. The fraction of sp³-hybridized carbons (Fsp3) is 0.294. The first kappa shape index (κ1) is 15.5. The Labute approximate surface area is 140 Å². The number of fused-ring (bicyclic) bond motifs is 1. The summed E-state index contributed by atoms with van der Waals surface area (Å²) in [6.45, 7) is 0.881. The van der Waals surface area contributed by atoms with Gasteiger partial charge in [-0.05, 0) is 47.4 Å². The monoisotopic (exact) mass is 337 g/mol. The van der Waals surface area contributed by atoms with Crippen LogP contribution in [0, 0.1) is 0 Å². The molecule has 116 valence electrons. The van der Waals surface area contributed by atoms with Crippen LogP contribution in [-0.4, -0.2) is 20.8 Å². The summed E-state index contributed by atoms with van der Waals surface area (Å²) in [4.78, 5) is 0. The highest BCUT2D eigenvalue weighted by Crippen LogP contribution is 2.39. The molecule has 3 rings (SSSR count). The fourth-order valence-corrected chi connectivity index (χ4v) is 3.41. The van der Waals surface area contributed by atoms with Crippen LogP contribution in [0.25, 0.3) is 0 Å². The molecule has 2 aromatic carbocycles. The van der Waals surface area contributed by atoms with Crippen LogP contribution in [-0.2, 0) is 6.42 Å². The number of hydrogen-bond donors (Lipinski definition) is 1. The minimum Gasteiger partial charge on any atom is -0.493 e. The standard InChI is InChI=1S/C17H17Cl2NO2/c1-21-15-7-10-5-6-20-17(13(10)9-16(15)22-2)12-4-3-11(18)8-14(12)19/h3-4,7-9,17,20H,5-6H2,1-2H3/t17-/m1/s1. The first-order valence-electron chi connectivity index (χ1n) is 7.07. The molecule has 2 aromatic rings. The normalized spacial score (nSPS) is 17.0. The first-order chi connectivity index (χ1) is 10.6. The van der Waals surface area contributed by atoms with E-state index in [-0.39, 0.29) is 6.04 Å². The molecule has 1 aliphatic rings. The van der Waals surface area contributed by atoms with Crippen molar-refractivity contribution >= 4 is 23.2 Å². The van der Waals surface area contributed by atoms with Gasteiger partial charge in [-0.25, -0.2) is 0 Å². The molecule has 1 aliphatic heterocycles. The van der Waals surface area contributed by atoms with Gasteiger partial charge < -0.3 is 14.8 Å². The number of benzene rings is 2. The molecule has 0 aromatic heterocycles. The summed E-state index contributed by atoms with van der Waals surface area (Å²) in [5.41, 5.74) is 3.42. The highest BCUT2D eigenvalue weighted by Gasteiger charge is 2.25. The van der Waals surface area contributed by atoms with Crippen LogP contribution in [0.15, 0.2) is 30.3 Å². The van der Waals surface area contributed by atoms with Crippen molar-refractivity contribution in [3.63, 3.8) is 0 Å². The van der Waals surface area contributed by atoms with E-state index in [0.29, 0.717) is 10.0 Å². The molecule has 0 fully saturated rings. The molecule has 0 bridgehead atoms. The van der Waals surface area contributed by atoms with Crippen molar-refractivity contribution in [2.75, 3.05) is 20.8 Å². The Bertz CT molecular complexity index is 703. The van der Waals surface area contributed by atoms with Gasteiger partial charge in [-0.2, -0.15) is 0 Å². The summed E-state index contributed by atoms with van der Waals surface area (Å²) in [6.07, 6.45) is 0.942. The largest absolute Gasteiger partial charge is 0.493 e. The average Bonchev–Trinajstić information content (AvgIpc) is 2.53. The lowest BCUT2D eigenvalue weighted by Crippen LogP contribution is -2.30. The molecular formula is C17H17Cl2NO2. The fourth-order valence-electron chi connectivity index (χ4n) is 2.90. The molecule has 22 heavy (non-hydrogen) atoms. The molecule has 3 nitrogen and oxygen atoms in total. The van der Waals surface area contributed by atoms with Gasteiger partial charge in [-0.3, -0.25) is 0 Å². The molecule has 0 saturated heterocycles. The van der Waals surface area contributed by atoms with E-state index in [9.17, 15) is 0 Å². The van der Waals surface area contributed by atoms with Crippen molar-refractivity contribution in [1.29, 1.82) is 0 Å². The van der Waals surface area contributed by atoms with E-state index in [1.54, 1.807) is 20.3 Å². The van der Waals surface area contributed by atoms with Crippen LogP contribution in [0.5, 0.6) is 11.5 Å². The second-order valence-electron chi connectivity index (χ2n) is 5.21. The van der Waals surface area contributed by atoms with Crippen LogP contribution >= 0.6 is 23.2 Å². The Morgan fingerprint density at radius 3 is 2.41 bits per heavy atom. The lowest BCUT2D eigenvalue weighted by atomic mass is 9.89. The van der Waals surface area contributed by atoms with Crippen LogP contribution < -0.4 is 14.8 Å². The number of methoxy groups -OCH3 is 2. The third kappa shape index (κ3) is 2.76. The van der Waals surface area contributed by atoms with E-state index >= 15 is 0 Å². The molecule has 0 saturated carbocycles. The van der Waals surface area contributed by atoms with Gasteiger partial charge in [0.15, 0.2) is 11.5 Å². The van der Waals surface area contributed by atoms with Crippen molar-refractivity contribution in [2.24, 2.45) is 0 Å². The second-order valence-corrected chi connectivity index (χ2v) is 6.05. The Morgan fingerprint density at radius 1 is 1.00 bits per heavy atom. The molecule has 1 heterocycles. The number of hydrogen-bond acceptors (Lipinski definition) is 3. The molecule has 0 amide bonds. The molecule has 0 aliphatic carbocycles. The minimum absolute atomic E-state index is 0.0216. The third-order valence-corrected chi connectivity index (χ3v) is 4.54. The van der Waals surface area contributed by atoms with Crippen LogP contribution in [0.4, 0.5) is 0 Å². The van der Waals surface area contributed by atoms with Gasteiger partial charge in [0.25, 0.3) is 0 Å². The van der Waals surface area contributed by atoms with Gasteiger partial charge in [0.1, 0.15) is 0 Å². The van der Waals surface area contributed by atoms with Gasteiger partial charge >= 0.3 is 0 Å². The van der Waals surface area contributed by atoms with Crippen LogP contribution in [0.2, 0.25) is 10.0 Å². The molecule has 0 radical (unpaired) electrons. The van der Waals surface area contributed by atoms with E-state index in [4.69, 9.17) is 32.7 Å². The summed E-state index contributed by atoms with van der Waals surface area (Å²) >= 11 is 12.4. The maximum Gasteiger partial charge on any atom is 0.161 e. The lowest BCUT2D eigenvalue weighted by Gasteiger charge is -2.29. The quantitative estimate of drug-likeness (QED) is 0.908. The summed E-state index contributed by atoms with van der Waals surface area (Å²) in [5.74, 6) is 1.48. The minimum atomic E-state index is 0.0216. The third-order valence-electron chi connectivity index (χ3n) is 3.97. The molecular weight excluding hydrogens is 321 g/mol. The summed E-state index contributed by atoms with van der Waals surface area (Å²) in [7, 11) is 3.30. The smallest absolute Gasteiger partial charge is 0.161 e. The Morgan fingerprint density at radius 2 is 1.73 bits per heavy atom. The van der Waals surface area contributed by atoms with Crippen molar-refractivity contribution < 1.29 is 9.47 Å². The zero-order valence-corrected chi connectivity index (χ0v) is 14.0. The van der Waals surface area contributed by atoms with Gasteiger partial charge in [0.2, 0.25) is 0 Å². The van der Waals surface area contributed by atoms with Gasteiger partial charge in [0.05, 0.1) is 20.3 Å². The highest BCUT2D eigenvalue weighted by molar-refractivity contribution is 6.35. The van der Waals surface area contributed by atoms with E-state index in [1.165, 1.54) is 5.56 Å². The average molecular weight is 338 g/mol. The van der Waals surface area contributed by atoms with Gasteiger partial charge in [-0.15, -0.1) is 0 Å². The lowest BCUT2D eigenvalue weighted by molar-refractivity contribution is 0.353. The number of halogens is 2.